The summed E-state index contributed by atoms with van der Waals surface area (Å²) in [4.78, 5) is 21.2. The maximum absolute atomic E-state index is 13.4. The maximum Gasteiger partial charge on any atom is 0.417 e. The Morgan fingerprint density at radius 3 is 2.38 bits per heavy atom. The quantitative estimate of drug-likeness (QED) is 0.193. The summed E-state index contributed by atoms with van der Waals surface area (Å²) < 4.78 is 53.4. The number of nitrogens with zero attached hydrogens (tertiary/aromatic N) is 3. The zero-order valence-corrected chi connectivity index (χ0v) is 20.3. The molecule has 0 bridgehead atoms. The Bertz CT molecular complexity index is 1650. The van der Waals surface area contributed by atoms with Crippen LogP contribution in [0.4, 0.5) is 34.9 Å². The van der Waals surface area contributed by atoms with Gasteiger partial charge in [0.1, 0.15) is 11.6 Å². The summed E-state index contributed by atoms with van der Waals surface area (Å²) in [7, 11) is 0. The number of halogens is 4. The van der Waals surface area contributed by atoms with Gasteiger partial charge in [-0.05, 0) is 54.4 Å². The van der Waals surface area contributed by atoms with Gasteiger partial charge in [0.15, 0.2) is 11.5 Å². The molecule has 0 radical (unpaired) electrons. The minimum Gasteiger partial charge on any atom is -0.382 e. The molecule has 198 valence electrons. The van der Waals surface area contributed by atoms with Crippen LogP contribution in [-0.2, 0) is 6.18 Å². The minimum absolute atomic E-state index is 0.0377. The molecule has 5 N–H and O–H groups in total. The van der Waals surface area contributed by atoms with Crippen molar-refractivity contribution in [3.63, 3.8) is 0 Å². The Hall–Kier alpha value is -5.00. The molecule has 5 rings (SSSR count). The third-order valence-corrected chi connectivity index (χ3v) is 6.10. The second-order valence-corrected chi connectivity index (χ2v) is 8.80. The first kappa shape index (κ1) is 25.6. The molecule has 0 aliphatic carbocycles. The van der Waals surface area contributed by atoms with Gasteiger partial charge < -0.3 is 16.4 Å². The van der Waals surface area contributed by atoms with Crippen LogP contribution < -0.4 is 16.4 Å². The molecule has 2 aromatic carbocycles. The fraction of sp³-hybridized carbons (Fsp3) is 0.111. The van der Waals surface area contributed by atoms with E-state index < -0.39 is 29.5 Å². The lowest BCUT2D eigenvalue weighted by atomic mass is 10.0. The number of hydrogen-bond acceptors (Lipinski definition) is 6. The number of pyridine rings is 2. The standard InChI is InChI=1S/C27H21F4N7O/c1-14(15-2-4-16(5-3-15)17-10-21-23(32)37-38-25(21)33-12-17)35-24-22(11-18(13-34-24)27(29,30)31)26(39)36-20-8-6-19(28)7-9-20/h2-14H,1H3,(H,34,35)(H,36,39)(H3,32,33,37,38)/t14-/m1/s1. The summed E-state index contributed by atoms with van der Waals surface area (Å²) in [6.07, 6.45) is -2.34. The number of aromatic nitrogens is 4. The molecule has 0 spiro atoms. The summed E-state index contributed by atoms with van der Waals surface area (Å²) in [5.74, 6) is -1.04. The normalized spacial score (nSPS) is 12.3. The first-order chi connectivity index (χ1) is 18.6. The molecular formula is C27H21F4N7O. The number of hydrogen-bond donors (Lipinski definition) is 4. The smallest absolute Gasteiger partial charge is 0.382 e. The van der Waals surface area contributed by atoms with Gasteiger partial charge in [0.05, 0.1) is 16.5 Å². The van der Waals surface area contributed by atoms with E-state index in [2.05, 4.69) is 30.8 Å². The topological polar surface area (TPSA) is 122 Å². The fourth-order valence-electron chi connectivity index (χ4n) is 3.97. The van der Waals surface area contributed by atoms with Crippen molar-refractivity contribution in [2.45, 2.75) is 19.1 Å². The van der Waals surface area contributed by atoms with Gasteiger partial charge in [-0.2, -0.15) is 18.3 Å². The second kappa shape index (κ2) is 10.0. The highest BCUT2D eigenvalue weighted by Gasteiger charge is 2.33. The molecule has 0 saturated heterocycles. The van der Waals surface area contributed by atoms with Crippen LogP contribution in [0.15, 0.2) is 73.1 Å². The van der Waals surface area contributed by atoms with Crippen LogP contribution >= 0.6 is 0 Å². The van der Waals surface area contributed by atoms with E-state index in [0.717, 1.165) is 34.9 Å². The maximum atomic E-state index is 13.4. The number of nitrogens with two attached hydrogens (primary N) is 1. The summed E-state index contributed by atoms with van der Waals surface area (Å²) in [5.41, 5.74) is 7.78. The van der Waals surface area contributed by atoms with Gasteiger partial charge in [0.2, 0.25) is 0 Å². The molecule has 8 nitrogen and oxygen atoms in total. The van der Waals surface area contributed by atoms with Crippen molar-refractivity contribution in [1.29, 1.82) is 0 Å². The van der Waals surface area contributed by atoms with Crippen molar-refractivity contribution in [1.82, 2.24) is 20.2 Å². The van der Waals surface area contributed by atoms with Crippen LogP contribution in [0.1, 0.15) is 34.5 Å². The van der Waals surface area contributed by atoms with Crippen molar-refractivity contribution in [2.75, 3.05) is 16.4 Å². The molecule has 3 heterocycles. The van der Waals surface area contributed by atoms with Crippen LogP contribution in [0.2, 0.25) is 0 Å². The molecule has 0 fully saturated rings. The molecule has 1 amide bonds. The van der Waals surface area contributed by atoms with E-state index in [0.29, 0.717) is 23.0 Å². The zero-order valence-electron chi connectivity index (χ0n) is 20.3. The SMILES string of the molecule is C[C@@H](Nc1ncc(C(F)(F)F)cc1C(=O)Nc1ccc(F)cc1)c1ccc(-c2cnc3[nH]nc(N)c3c2)cc1. The predicted octanol–water partition coefficient (Wildman–Crippen LogP) is 6.19. The number of H-pyrrole nitrogens is 1. The molecule has 12 heteroatoms. The van der Waals surface area contributed by atoms with Crippen LogP contribution in [0.25, 0.3) is 22.2 Å². The first-order valence-electron chi connectivity index (χ1n) is 11.7. The van der Waals surface area contributed by atoms with Gasteiger partial charge in [-0.3, -0.25) is 9.89 Å². The molecule has 0 aliphatic rings. The van der Waals surface area contributed by atoms with E-state index >= 15 is 0 Å². The average Bonchev–Trinajstić information content (AvgIpc) is 3.29. The Morgan fingerprint density at radius 1 is 0.974 bits per heavy atom. The third kappa shape index (κ3) is 5.49. The van der Waals surface area contributed by atoms with Gasteiger partial charge >= 0.3 is 6.18 Å². The summed E-state index contributed by atoms with van der Waals surface area (Å²) >= 11 is 0. The molecule has 0 aliphatic heterocycles. The van der Waals surface area contributed by atoms with Crippen molar-refractivity contribution in [2.24, 2.45) is 0 Å². The summed E-state index contributed by atoms with van der Waals surface area (Å²) in [5, 5.41) is 12.9. The Labute approximate surface area is 219 Å². The summed E-state index contributed by atoms with van der Waals surface area (Å²) in [6.45, 7) is 1.79. The monoisotopic (exact) mass is 535 g/mol. The lowest BCUT2D eigenvalue weighted by Crippen LogP contribution is -2.19. The highest BCUT2D eigenvalue weighted by molar-refractivity contribution is 6.07. The van der Waals surface area contributed by atoms with Crippen molar-refractivity contribution < 1.29 is 22.4 Å². The first-order valence-corrected chi connectivity index (χ1v) is 11.7. The number of aromatic amines is 1. The van der Waals surface area contributed by atoms with Crippen LogP contribution in [0.3, 0.4) is 0 Å². The van der Waals surface area contributed by atoms with Crippen LogP contribution in [-0.4, -0.2) is 26.1 Å². The van der Waals surface area contributed by atoms with Gasteiger partial charge in [0.25, 0.3) is 5.91 Å². The van der Waals surface area contributed by atoms with Crippen LogP contribution in [0.5, 0.6) is 0 Å². The number of fused-ring (bicyclic) bond motifs is 1. The van der Waals surface area contributed by atoms with E-state index in [1.807, 2.05) is 30.3 Å². The fourth-order valence-corrected chi connectivity index (χ4v) is 3.97. The van der Waals surface area contributed by atoms with E-state index in [-0.39, 0.29) is 17.1 Å². The van der Waals surface area contributed by atoms with Crippen molar-refractivity contribution in [3.05, 3.63) is 95.6 Å². The molecule has 5 aromatic rings. The number of nitrogens with one attached hydrogen (secondary N) is 3. The van der Waals surface area contributed by atoms with E-state index in [4.69, 9.17) is 5.73 Å². The number of amides is 1. The number of carbonyl (C=O) groups excluding carboxylic acids is 1. The van der Waals surface area contributed by atoms with Crippen molar-refractivity contribution in [3.8, 4) is 11.1 Å². The van der Waals surface area contributed by atoms with Gasteiger partial charge in [-0.1, -0.05) is 24.3 Å². The highest BCUT2D eigenvalue weighted by Crippen LogP contribution is 2.32. The summed E-state index contributed by atoms with van der Waals surface area (Å²) in [6, 6.07) is 14.5. The lowest BCUT2D eigenvalue weighted by Gasteiger charge is -2.19. The van der Waals surface area contributed by atoms with Gasteiger partial charge in [0, 0.05) is 29.7 Å². The van der Waals surface area contributed by atoms with E-state index in [9.17, 15) is 22.4 Å². The Balaban J connectivity index is 1.39. The number of alkyl halides is 3. The van der Waals surface area contributed by atoms with E-state index in [1.54, 1.807) is 13.1 Å². The molecule has 0 unspecified atom stereocenters. The Morgan fingerprint density at radius 2 is 1.69 bits per heavy atom. The number of nitrogen functional groups attached to an aromatic ring is 1. The molecule has 39 heavy (non-hydrogen) atoms. The number of anilines is 3. The Kier molecular flexibility index (Phi) is 6.60. The second-order valence-electron chi connectivity index (χ2n) is 8.80. The molecule has 3 aromatic heterocycles. The molecule has 0 saturated carbocycles. The van der Waals surface area contributed by atoms with E-state index in [1.165, 1.54) is 12.1 Å². The van der Waals surface area contributed by atoms with Crippen LogP contribution in [0, 0.1) is 5.82 Å². The highest BCUT2D eigenvalue weighted by atomic mass is 19.4. The number of benzene rings is 2. The number of rotatable bonds is 6. The molecular weight excluding hydrogens is 514 g/mol. The third-order valence-electron chi connectivity index (χ3n) is 6.10. The number of carbonyl (C=O) groups is 1. The zero-order chi connectivity index (χ0) is 27.7. The van der Waals surface area contributed by atoms with Gasteiger partial charge in [-0.15, -0.1) is 0 Å². The predicted molar refractivity (Wildman–Crippen MR) is 139 cm³/mol. The van der Waals surface area contributed by atoms with Crippen molar-refractivity contribution >= 4 is 34.3 Å². The lowest BCUT2D eigenvalue weighted by molar-refractivity contribution is -0.137. The molecule has 1 atom stereocenters. The average molecular weight is 536 g/mol. The minimum atomic E-state index is -4.70. The van der Waals surface area contributed by atoms with Gasteiger partial charge in [-0.25, -0.2) is 14.4 Å². The largest absolute Gasteiger partial charge is 0.417 e.